The Bertz CT molecular complexity index is 3270. The van der Waals surface area contributed by atoms with Crippen molar-refractivity contribution in [2.75, 3.05) is 0 Å². The molecule has 1 heterocycles. The van der Waals surface area contributed by atoms with Crippen LogP contribution in [0.15, 0.2) is 194 Å². The summed E-state index contributed by atoms with van der Waals surface area (Å²) >= 11 is 0. The lowest BCUT2D eigenvalue weighted by atomic mass is 9.90. The molecule has 0 bridgehead atoms. The van der Waals surface area contributed by atoms with Crippen molar-refractivity contribution in [2.45, 2.75) is 0 Å². The second kappa shape index (κ2) is 13.6. The van der Waals surface area contributed by atoms with E-state index in [1.165, 1.54) is 38.6 Å². The van der Waals surface area contributed by atoms with E-state index in [0.717, 1.165) is 55.3 Å². The maximum absolute atomic E-state index is 8.15. The average Bonchev–Trinajstić information content (AvgIpc) is 3.64. The zero-order valence-electron chi connectivity index (χ0n) is 31.3. The summed E-state index contributed by atoms with van der Waals surface area (Å²) in [7, 11) is 0. The highest BCUT2D eigenvalue weighted by Crippen LogP contribution is 2.51. The van der Waals surface area contributed by atoms with Crippen LogP contribution in [-0.4, -0.2) is 15.0 Å². The first kappa shape index (κ1) is 33.3. The van der Waals surface area contributed by atoms with Crippen LogP contribution in [0.5, 0.6) is 0 Å². The van der Waals surface area contributed by atoms with Crippen LogP contribution in [0.4, 0.5) is 5.69 Å². The highest BCUT2D eigenvalue weighted by molar-refractivity contribution is 6.19. The molecule has 0 radical (unpaired) electrons. The fourth-order valence-electron chi connectivity index (χ4n) is 8.53. The summed E-state index contributed by atoms with van der Waals surface area (Å²) in [5, 5.41) is 4.87. The highest BCUT2D eigenvalue weighted by atomic mass is 15.0. The van der Waals surface area contributed by atoms with Crippen molar-refractivity contribution in [3.8, 4) is 89.8 Å². The van der Waals surface area contributed by atoms with Gasteiger partial charge in [-0.1, -0.05) is 188 Å². The van der Waals surface area contributed by atoms with Gasteiger partial charge in [-0.15, -0.1) is 0 Å². The molecule has 0 unspecified atom stereocenters. The van der Waals surface area contributed by atoms with Crippen LogP contribution in [0.1, 0.15) is 0 Å². The largest absolute Gasteiger partial charge is 0.237 e. The third-order valence-electron chi connectivity index (χ3n) is 11.3. The number of hydrogen-bond donors (Lipinski definition) is 0. The Morgan fingerprint density at radius 1 is 0.310 bits per heavy atom. The number of rotatable bonds is 6. The van der Waals surface area contributed by atoms with Crippen LogP contribution in [0.25, 0.3) is 116 Å². The Morgan fingerprint density at radius 2 is 0.810 bits per heavy atom. The molecular weight excluding hydrogens is 705 g/mol. The monoisotopic (exact) mass is 736 g/mol. The van der Waals surface area contributed by atoms with Gasteiger partial charge in [0.15, 0.2) is 23.2 Å². The molecule has 0 spiro atoms. The Morgan fingerprint density at radius 3 is 1.55 bits per heavy atom. The van der Waals surface area contributed by atoms with Crippen molar-refractivity contribution < 1.29 is 0 Å². The van der Waals surface area contributed by atoms with Gasteiger partial charge in [0.25, 0.3) is 0 Å². The van der Waals surface area contributed by atoms with Gasteiger partial charge in [-0.3, -0.25) is 0 Å². The molecule has 0 fully saturated rings. The molecule has 1 aliphatic carbocycles. The third-order valence-corrected chi connectivity index (χ3v) is 11.3. The van der Waals surface area contributed by atoms with Gasteiger partial charge in [0.05, 0.1) is 6.57 Å². The van der Waals surface area contributed by atoms with E-state index in [2.05, 4.69) is 132 Å². The summed E-state index contributed by atoms with van der Waals surface area (Å²) < 4.78 is 0. The quantitative estimate of drug-likeness (QED) is 0.160. The van der Waals surface area contributed by atoms with Crippen molar-refractivity contribution in [2.24, 2.45) is 0 Å². The van der Waals surface area contributed by atoms with E-state index in [1.54, 1.807) is 0 Å². The molecule has 0 atom stereocenters. The Balaban J connectivity index is 0.972. The fourth-order valence-corrected chi connectivity index (χ4v) is 8.53. The summed E-state index contributed by atoms with van der Waals surface area (Å²) in [4.78, 5) is 18.9. The SMILES string of the molecule is [C-]#[N+]c1cccc(-c2ccc(-c3ccc4cccc5c4c3-c3ccccc3-5)cc2)c1-c1ccc(-c2nc(-c3ccccc3)nc(-c3ccc4ccccc4c3)n2)cc1. The molecule has 4 nitrogen and oxygen atoms in total. The summed E-state index contributed by atoms with van der Waals surface area (Å²) in [6.45, 7) is 8.15. The van der Waals surface area contributed by atoms with E-state index < -0.39 is 0 Å². The predicted molar refractivity (Wildman–Crippen MR) is 238 cm³/mol. The van der Waals surface area contributed by atoms with Crippen LogP contribution < -0.4 is 0 Å². The molecule has 10 aromatic rings. The molecule has 0 N–H and O–H groups in total. The fraction of sp³-hybridized carbons (Fsp3) is 0. The van der Waals surface area contributed by atoms with Crippen molar-refractivity contribution in [1.82, 2.24) is 15.0 Å². The maximum atomic E-state index is 8.15. The number of hydrogen-bond acceptors (Lipinski definition) is 3. The van der Waals surface area contributed by atoms with Gasteiger partial charge < -0.3 is 0 Å². The lowest BCUT2D eigenvalue weighted by Gasteiger charge is -2.15. The molecule has 268 valence electrons. The Hall–Kier alpha value is -8.00. The minimum atomic E-state index is 0.588. The smallest absolute Gasteiger partial charge is 0.195 e. The van der Waals surface area contributed by atoms with E-state index in [9.17, 15) is 0 Å². The molecule has 0 aliphatic heterocycles. The van der Waals surface area contributed by atoms with E-state index in [0.29, 0.717) is 23.2 Å². The number of aromatic nitrogens is 3. The Labute approximate surface area is 336 Å². The van der Waals surface area contributed by atoms with Gasteiger partial charge in [0.1, 0.15) is 0 Å². The Kier molecular flexibility index (Phi) is 7.84. The first-order valence-electron chi connectivity index (χ1n) is 19.4. The summed E-state index contributed by atoms with van der Waals surface area (Å²) in [5.74, 6) is 1.82. The van der Waals surface area contributed by atoms with E-state index in [4.69, 9.17) is 21.5 Å². The zero-order valence-corrected chi connectivity index (χ0v) is 31.3. The van der Waals surface area contributed by atoms with Crippen LogP contribution in [0, 0.1) is 6.57 Å². The normalized spacial score (nSPS) is 11.4. The predicted octanol–water partition coefficient (Wildman–Crippen LogP) is 14.4. The van der Waals surface area contributed by atoms with Gasteiger partial charge in [0.2, 0.25) is 0 Å². The summed E-state index contributed by atoms with van der Waals surface area (Å²) in [6.07, 6.45) is 0. The molecule has 1 aromatic heterocycles. The maximum Gasteiger partial charge on any atom is 0.195 e. The molecule has 11 rings (SSSR count). The van der Waals surface area contributed by atoms with Crippen LogP contribution in [0.3, 0.4) is 0 Å². The number of nitrogens with zero attached hydrogens (tertiary/aromatic N) is 4. The molecule has 58 heavy (non-hydrogen) atoms. The van der Waals surface area contributed by atoms with Crippen molar-refractivity contribution in [1.29, 1.82) is 0 Å². The third kappa shape index (κ3) is 5.57. The number of fused-ring (bicyclic) bond motifs is 4. The average molecular weight is 737 g/mol. The zero-order chi connectivity index (χ0) is 38.6. The van der Waals surface area contributed by atoms with E-state index in [1.807, 2.05) is 66.7 Å². The van der Waals surface area contributed by atoms with Crippen molar-refractivity contribution >= 4 is 27.2 Å². The van der Waals surface area contributed by atoms with E-state index in [-0.39, 0.29) is 0 Å². The van der Waals surface area contributed by atoms with Crippen LogP contribution in [0.2, 0.25) is 0 Å². The standard InChI is InChI=1S/C54H32N4/c1-55-48-20-10-18-43(35-22-24-36(25-23-35)44-32-31-37-15-9-19-46-45-16-7-8-17-47(45)51(44)50(37)46)49(48)38-26-28-40(29-27-38)53-56-52(39-12-3-2-4-13-39)57-54(58-53)42-30-21-34-11-5-6-14-41(34)33-42/h2-33H. The minimum absolute atomic E-state index is 0.588. The second-order valence-electron chi connectivity index (χ2n) is 14.6. The molecule has 0 saturated carbocycles. The van der Waals surface area contributed by atoms with Crippen LogP contribution in [-0.2, 0) is 0 Å². The van der Waals surface area contributed by atoms with E-state index >= 15 is 0 Å². The number of benzene rings is 9. The minimum Gasteiger partial charge on any atom is -0.237 e. The van der Waals surface area contributed by atoms with Gasteiger partial charge >= 0.3 is 0 Å². The van der Waals surface area contributed by atoms with Crippen molar-refractivity contribution in [3.63, 3.8) is 0 Å². The lowest BCUT2D eigenvalue weighted by Crippen LogP contribution is -2.00. The summed E-state index contributed by atoms with van der Waals surface area (Å²) in [6, 6.07) is 67.5. The molecule has 0 amide bonds. The highest BCUT2D eigenvalue weighted by Gasteiger charge is 2.24. The first-order chi connectivity index (χ1) is 28.7. The van der Waals surface area contributed by atoms with Crippen molar-refractivity contribution in [3.05, 3.63) is 206 Å². The topological polar surface area (TPSA) is 43.0 Å². The van der Waals surface area contributed by atoms with Gasteiger partial charge in [0, 0.05) is 16.7 Å². The molecule has 9 aromatic carbocycles. The summed E-state index contributed by atoms with van der Waals surface area (Å²) in [5.41, 5.74) is 14.8. The lowest BCUT2D eigenvalue weighted by molar-refractivity contribution is 1.07. The van der Waals surface area contributed by atoms with Gasteiger partial charge in [-0.25, -0.2) is 19.8 Å². The molecular formula is C54H32N4. The first-order valence-corrected chi connectivity index (χ1v) is 19.4. The van der Waals surface area contributed by atoms with Gasteiger partial charge in [-0.2, -0.15) is 0 Å². The second-order valence-corrected chi connectivity index (χ2v) is 14.6. The molecule has 0 saturated heterocycles. The van der Waals surface area contributed by atoms with Gasteiger partial charge in [-0.05, 0) is 83.2 Å². The molecule has 4 heteroatoms. The van der Waals surface area contributed by atoms with Crippen LogP contribution >= 0.6 is 0 Å². The molecule has 1 aliphatic rings.